The summed E-state index contributed by atoms with van der Waals surface area (Å²) in [5.74, 6) is -0.552. The van der Waals surface area contributed by atoms with Gasteiger partial charge in [-0.15, -0.1) is 0 Å². The molecular formula is C13H18ClFN2O2. The van der Waals surface area contributed by atoms with Gasteiger partial charge < -0.3 is 15.4 Å². The summed E-state index contributed by atoms with van der Waals surface area (Å²) in [7, 11) is 1.61. The highest BCUT2D eigenvalue weighted by atomic mass is 35.5. The summed E-state index contributed by atoms with van der Waals surface area (Å²) < 4.78 is 17.8. The summed E-state index contributed by atoms with van der Waals surface area (Å²) in [5.41, 5.74) is 0.530. The standard InChI is InChI=1S/C13H18ClFN2O2/c1-9(13(18)16-6-3-7-19-2)17-12-5-4-10(15)8-11(12)14/h4-5,8-9,17H,3,6-7H2,1-2H3,(H,16,18). The average Bonchev–Trinajstić information content (AvgIpc) is 2.37. The second-order valence-corrected chi connectivity index (χ2v) is 4.53. The molecule has 6 heteroatoms. The molecule has 0 saturated carbocycles. The van der Waals surface area contributed by atoms with Crippen molar-refractivity contribution in [1.29, 1.82) is 0 Å². The van der Waals surface area contributed by atoms with Gasteiger partial charge in [-0.1, -0.05) is 11.6 Å². The van der Waals surface area contributed by atoms with E-state index >= 15 is 0 Å². The number of rotatable bonds is 7. The average molecular weight is 289 g/mol. The Labute approximate surface area is 117 Å². The Balaban J connectivity index is 2.45. The number of benzene rings is 1. The third kappa shape index (κ3) is 5.44. The van der Waals surface area contributed by atoms with E-state index in [1.54, 1.807) is 14.0 Å². The van der Waals surface area contributed by atoms with Gasteiger partial charge in [-0.05, 0) is 31.5 Å². The zero-order chi connectivity index (χ0) is 14.3. The third-order valence-corrected chi connectivity index (χ3v) is 2.83. The molecule has 106 valence electrons. The number of carbonyl (C=O) groups is 1. The molecule has 0 heterocycles. The van der Waals surface area contributed by atoms with Crippen molar-refractivity contribution in [3.05, 3.63) is 29.0 Å². The second kappa shape index (κ2) is 7.96. The van der Waals surface area contributed by atoms with E-state index in [1.165, 1.54) is 18.2 Å². The number of ether oxygens (including phenoxy) is 1. The largest absolute Gasteiger partial charge is 0.385 e. The molecule has 0 spiro atoms. The van der Waals surface area contributed by atoms with Crippen molar-refractivity contribution >= 4 is 23.2 Å². The Morgan fingerprint density at radius 1 is 1.53 bits per heavy atom. The summed E-state index contributed by atoms with van der Waals surface area (Å²) in [6, 6.07) is 3.54. The van der Waals surface area contributed by atoms with Gasteiger partial charge in [-0.25, -0.2) is 4.39 Å². The van der Waals surface area contributed by atoms with Gasteiger partial charge in [-0.3, -0.25) is 4.79 Å². The number of carbonyl (C=O) groups excluding carboxylic acids is 1. The van der Waals surface area contributed by atoms with Gasteiger partial charge >= 0.3 is 0 Å². The first kappa shape index (κ1) is 15.7. The summed E-state index contributed by atoms with van der Waals surface area (Å²) in [6.07, 6.45) is 0.756. The molecule has 0 aliphatic heterocycles. The van der Waals surface area contributed by atoms with Crippen LogP contribution in [0.15, 0.2) is 18.2 Å². The number of amides is 1. The smallest absolute Gasteiger partial charge is 0.242 e. The number of hydrogen-bond acceptors (Lipinski definition) is 3. The minimum Gasteiger partial charge on any atom is -0.385 e. The van der Waals surface area contributed by atoms with Crippen LogP contribution in [0, 0.1) is 5.82 Å². The maximum absolute atomic E-state index is 12.9. The molecule has 0 aliphatic carbocycles. The fraction of sp³-hybridized carbons (Fsp3) is 0.462. The van der Waals surface area contributed by atoms with Crippen LogP contribution in [-0.2, 0) is 9.53 Å². The SMILES string of the molecule is COCCCNC(=O)C(C)Nc1ccc(F)cc1Cl. The van der Waals surface area contributed by atoms with Gasteiger partial charge in [0, 0.05) is 20.3 Å². The summed E-state index contributed by atoms with van der Waals surface area (Å²) in [5, 5.41) is 5.95. The molecule has 4 nitrogen and oxygen atoms in total. The Morgan fingerprint density at radius 2 is 2.26 bits per heavy atom. The Bertz CT molecular complexity index is 429. The predicted octanol–water partition coefficient (Wildman–Crippen LogP) is 2.43. The Morgan fingerprint density at radius 3 is 2.89 bits per heavy atom. The molecule has 1 aromatic carbocycles. The fourth-order valence-corrected chi connectivity index (χ4v) is 1.71. The molecule has 1 atom stereocenters. The highest BCUT2D eigenvalue weighted by Gasteiger charge is 2.13. The van der Waals surface area contributed by atoms with E-state index in [2.05, 4.69) is 10.6 Å². The molecule has 0 bridgehead atoms. The number of halogens is 2. The van der Waals surface area contributed by atoms with Crippen LogP contribution in [0.1, 0.15) is 13.3 Å². The highest BCUT2D eigenvalue weighted by molar-refractivity contribution is 6.33. The van der Waals surface area contributed by atoms with E-state index < -0.39 is 11.9 Å². The third-order valence-electron chi connectivity index (χ3n) is 2.52. The number of methoxy groups -OCH3 is 1. The van der Waals surface area contributed by atoms with Crippen LogP contribution in [0.3, 0.4) is 0 Å². The topological polar surface area (TPSA) is 50.4 Å². The summed E-state index contributed by atoms with van der Waals surface area (Å²) >= 11 is 5.87. The molecule has 0 aromatic heterocycles. The van der Waals surface area contributed by atoms with E-state index in [0.29, 0.717) is 18.8 Å². The summed E-state index contributed by atoms with van der Waals surface area (Å²) in [4.78, 5) is 11.8. The fourth-order valence-electron chi connectivity index (χ4n) is 1.49. The van der Waals surface area contributed by atoms with Crippen molar-refractivity contribution in [2.75, 3.05) is 25.6 Å². The molecular weight excluding hydrogens is 271 g/mol. The van der Waals surface area contributed by atoms with Crippen LogP contribution in [-0.4, -0.2) is 32.2 Å². The van der Waals surface area contributed by atoms with Crippen molar-refractivity contribution in [3.63, 3.8) is 0 Å². The Kier molecular flexibility index (Phi) is 6.59. The monoisotopic (exact) mass is 288 g/mol. The van der Waals surface area contributed by atoms with Gasteiger partial charge in [0.1, 0.15) is 11.9 Å². The van der Waals surface area contributed by atoms with Crippen LogP contribution in [0.2, 0.25) is 5.02 Å². The first-order valence-corrected chi connectivity index (χ1v) is 6.40. The lowest BCUT2D eigenvalue weighted by Gasteiger charge is -2.16. The minimum atomic E-state index is -0.453. The van der Waals surface area contributed by atoms with Gasteiger partial charge in [0.25, 0.3) is 0 Å². The molecule has 0 fully saturated rings. The van der Waals surface area contributed by atoms with Crippen LogP contribution in [0.4, 0.5) is 10.1 Å². The molecule has 19 heavy (non-hydrogen) atoms. The zero-order valence-corrected chi connectivity index (χ0v) is 11.8. The van der Waals surface area contributed by atoms with E-state index in [4.69, 9.17) is 16.3 Å². The minimum absolute atomic E-state index is 0.142. The molecule has 1 aromatic rings. The van der Waals surface area contributed by atoms with E-state index in [9.17, 15) is 9.18 Å². The predicted molar refractivity (Wildman–Crippen MR) is 74.0 cm³/mol. The van der Waals surface area contributed by atoms with Crippen molar-refractivity contribution < 1.29 is 13.9 Å². The Hall–Kier alpha value is -1.33. The first-order valence-electron chi connectivity index (χ1n) is 6.03. The lowest BCUT2D eigenvalue weighted by Crippen LogP contribution is -2.38. The molecule has 1 unspecified atom stereocenters. The molecule has 0 aliphatic rings. The highest BCUT2D eigenvalue weighted by Crippen LogP contribution is 2.22. The first-order chi connectivity index (χ1) is 9.04. The van der Waals surface area contributed by atoms with Crippen LogP contribution < -0.4 is 10.6 Å². The zero-order valence-electron chi connectivity index (χ0n) is 11.0. The van der Waals surface area contributed by atoms with Crippen molar-refractivity contribution in [1.82, 2.24) is 5.32 Å². The van der Waals surface area contributed by atoms with Crippen LogP contribution in [0.5, 0.6) is 0 Å². The van der Waals surface area contributed by atoms with E-state index in [0.717, 1.165) is 6.42 Å². The maximum atomic E-state index is 12.9. The molecule has 0 saturated heterocycles. The van der Waals surface area contributed by atoms with Crippen LogP contribution >= 0.6 is 11.6 Å². The van der Waals surface area contributed by atoms with Crippen LogP contribution in [0.25, 0.3) is 0 Å². The summed E-state index contributed by atoms with van der Waals surface area (Å²) in [6.45, 7) is 2.87. The lowest BCUT2D eigenvalue weighted by molar-refractivity contribution is -0.121. The number of nitrogens with one attached hydrogen (secondary N) is 2. The molecule has 2 N–H and O–H groups in total. The van der Waals surface area contributed by atoms with Crippen molar-refractivity contribution in [2.24, 2.45) is 0 Å². The second-order valence-electron chi connectivity index (χ2n) is 4.13. The van der Waals surface area contributed by atoms with Crippen molar-refractivity contribution in [3.8, 4) is 0 Å². The lowest BCUT2D eigenvalue weighted by atomic mass is 10.2. The molecule has 1 amide bonds. The number of anilines is 1. The van der Waals surface area contributed by atoms with E-state index in [1.807, 2.05) is 0 Å². The van der Waals surface area contributed by atoms with Crippen molar-refractivity contribution in [2.45, 2.75) is 19.4 Å². The van der Waals surface area contributed by atoms with Gasteiger partial charge in [0.05, 0.1) is 10.7 Å². The maximum Gasteiger partial charge on any atom is 0.242 e. The van der Waals surface area contributed by atoms with E-state index in [-0.39, 0.29) is 10.9 Å². The van der Waals surface area contributed by atoms with Gasteiger partial charge in [-0.2, -0.15) is 0 Å². The van der Waals surface area contributed by atoms with Gasteiger partial charge in [0.2, 0.25) is 5.91 Å². The molecule has 0 radical (unpaired) electrons. The number of hydrogen-bond donors (Lipinski definition) is 2. The quantitative estimate of drug-likeness (QED) is 0.758. The molecule has 1 rings (SSSR count). The van der Waals surface area contributed by atoms with Gasteiger partial charge in [0.15, 0.2) is 0 Å². The normalized spacial score (nSPS) is 12.0.